The number of nitro benzene ring substituents is 1. The van der Waals surface area contributed by atoms with Gasteiger partial charge in [0.25, 0.3) is 5.69 Å². The number of rotatable bonds is 11. The molecule has 1 amide bonds. The van der Waals surface area contributed by atoms with Gasteiger partial charge in [-0.15, -0.1) is 6.42 Å². The van der Waals surface area contributed by atoms with Crippen molar-refractivity contribution in [3.63, 3.8) is 0 Å². The maximum absolute atomic E-state index is 12.4. The van der Waals surface area contributed by atoms with Crippen LogP contribution in [0.2, 0.25) is 0 Å². The molecular weight excluding hydrogens is 422 g/mol. The summed E-state index contributed by atoms with van der Waals surface area (Å²) in [5.41, 5.74) is 0.655. The van der Waals surface area contributed by atoms with Gasteiger partial charge in [-0.05, 0) is 30.5 Å². The normalized spacial score (nSPS) is 13.0. The number of aliphatic hydroxyl groups is 1. The lowest BCUT2D eigenvalue weighted by molar-refractivity contribution is -0.384. The fourth-order valence-electron chi connectivity index (χ4n) is 2.91. The Labute approximate surface area is 180 Å². The first-order valence-corrected chi connectivity index (χ1v) is 10.9. The van der Waals surface area contributed by atoms with Gasteiger partial charge in [-0.2, -0.15) is 0 Å². The fourth-order valence-corrected chi connectivity index (χ4v) is 3.99. The standard InChI is InChI=1S/C21H23N3O6S/c1-2-12-22-21(26)17(13-16-6-4-3-5-7-16)14-19(25)15-23-31(29,30)20-10-8-18(9-11-20)24(27)28/h1,3-11,17,19,23,25H,12-15H2,(H,22,26)/t17-,19+/m1/s1. The van der Waals surface area contributed by atoms with Gasteiger partial charge in [0.1, 0.15) is 0 Å². The van der Waals surface area contributed by atoms with Crippen LogP contribution in [0.25, 0.3) is 0 Å². The van der Waals surface area contributed by atoms with E-state index in [1.807, 2.05) is 30.3 Å². The maximum Gasteiger partial charge on any atom is 0.269 e. The summed E-state index contributed by atoms with van der Waals surface area (Å²) < 4.78 is 27.0. The molecule has 0 aliphatic heterocycles. The molecule has 0 aliphatic rings. The summed E-state index contributed by atoms with van der Waals surface area (Å²) >= 11 is 0. The number of non-ortho nitro benzene ring substituents is 1. The quantitative estimate of drug-likeness (QED) is 0.270. The summed E-state index contributed by atoms with van der Waals surface area (Å²) in [6.45, 7) is -0.278. The number of nitrogens with one attached hydrogen (secondary N) is 2. The van der Waals surface area contributed by atoms with Crippen LogP contribution in [0.4, 0.5) is 5.69 Å². The van der Waals surface area contributed by atoms with Crippen molar-refractivity contribution in [3.8, 4) is 12.3 Å². The third-order valence-electron chi connectivity index (χ3n) is 4.48. The molecule has 10 heteroatoms. The molecule has 0 saturated heterocycles. The van der Waals surface area contributed by atoms with Crippen molar-refractivity contribution in [2.75, 3.05) is 13.1 Å². The number of hydrogen-bond acceptors (Lipinski definition) is 6. The Kier molecular flexibility index (Phi) is 8.69. The SMILES string of the molecule is C#CCNC(=O)[C@H](Cc1ccccc1)C[C@H](O)CNS(=O)(=O)c1ccc([N+](=O)[O-])cc1. The molecule has 0 fully saturated rings. The number of sulfonamides is 1. The van der Waals surface area contributed by atoms with E-state index in [9.17, 15) is 28.4 Å². The highest BCUT2D eigenvalue weighted by atomic mass is 32.2. The van der Waals surface area contributed by atoms with E-state index in [4.69, 9.17) is 6.42 Å². The molecule has 3 N–H and O–H groups in total. The fraction of sp³-hybridized carbons (Fsp3) is 0.286. The van der Waals surface area contributed by atoms with E-state index >= 15 is 0 Å². The van der Waals surface area contributed by atoms with E-state index in [1.165, 1.54) is 0 Å². The van der Waals surface area contributed by atoms with Crippen LogP contribution < -0.4 is 10.0 Å². The molecular formula is C21H23N3O6S. The summed E-state index contributed by atoms with van der Waals surface area (Å²) in [7, 11) is -3.99. The van der Waals surface area contributed by atoms with E-state index in [-0.39, 0.29) is 36.0 Å². The van der Waals surface area contributed by atoms with Crippen LogP contribution in [0.5, 0.6) is 0 Å². The number of hydrogen-bond donors (Lipinski definition) is 3. The van der Waals surface area contributed by atoms with E-state index in [0.717, 1.165) is 29.8 Å². The molecule has 2 aromatic rings. The molecule has 2 aromatic carbocycles. The monoisotopic (exact) mass is 445 g/mol. The summed E-state index contributed by atoms with van der Waals surface area (Å²) in [6, 6.07) is 13.6. The highest BCUT2D eigenvalue weighted by Crippen LogP contribution is 2.17. The second kappa shape index (κ2) is 11.2. The van der Waals surface area contributed by atoms with Gasteiger partial charge in [0.2, 0.25) is 15.9 Å². The summed E-state index contributed by atoms with van der Waals surface area (Å²) in [5, 5.41) is 23.6. The van der Waals surface area contributed by atoms with E-state index in [1.54, 1.807) is 0 Å². The minimum atomic E-state index is -3.99. The van der Waals surface area contributed by atoms with Gasteiger partial charge >= 0.3 is 0 Å². The molecule has 0 saturated carbocycles. The van der Waals surface area contributed by atoms with Crippen LogP contribution in [0.15, 0.2) is 59.5 Å². The Morgan fingerprint density at radius 1 is 1.16 bits per heavy atom. The van der Waals surface area contributed by atoms with E-state index in [2.05, 4.69) is 16.0 Å². The minimum absolute atomic E-state index is 0.00802. The van der Waals surface area contributed by atoms with Gasteiger partial charge in [0, 0.05) is 24.6 Å². The van der Waals surface area contributed by atoms with Crippen LogP contribution in [0, 0.1) is 28.4 Å². The second-order valence-electron chi connectivity index (χ2n) is 6.80. The second-order valence-corrected chi connectivity index (χ2v) is 8.57. The van der Waals surface area contributed by atoms with Crippen molar-refractivity contribution < 1.29 is 23.2 Å². The lowest BCUT2D eigenvalue weighted by Crippen LogP contribution is -2.38. The topological polar surface area (TPSA) is 139 Å². The molecule has 0 heterocycles. The van der Waals surface area contributed by atoms with Crippen molar-refractivity contribution in [2.24, 2.45) is 5.92 Å². The van der Waals surface area contributed by atoms with Gasteiger partial charge in [-0.25, -0.2) is 13.1 Å². The number of amides is 1. The predicted octanol–water partition coefficient (Wildman–Crippen LogP) is 1.23. The Morgan fingerprint density at radius 2 is 1.81 bits per heavy atom. The van der Waals surface area contributed by atoms with Crippen LogP contribution in [0.3, 0.4) is 0 Å². The maximum atomic E-state index is 12.4. The summed E-state index contributed by atoms with van der Waals surface area (Å²) in [4.78, 5) is 22.3. The number of nitro groups is 1. The number of carbonyl (C=O) groups excluding carboxylic acids is 1. The minimum Gasteiger partial charge on any atom is -0.392 e. The van der Waals surface area contributed by atoms with Gasteiger partial charge in [-0.3, -0.25) is 14.9 Å². The van der Waals surface area contributed by atoms with Crippen LogP contribution in [-0.4, -0.2) is 43.5 Å². The zero-order valence-electron chi connectivity index (χ0n) is 16.6. The third-order valence-corrected chi connectivity index (χ3v) is 5.92. The number of aliphatic hydroxyl groups excluding tert-OH is 1. The molecule has 0 bridgehead atoms. The Morgan fingerprint density at radius 3 is 2.39 bits per heavy atom. The average Bonchev–Trinajstić information content (AvgIpc) is 2.76. The highest BCUT2D eigenvalue weighted by Gasteiger charge is 2.24. The zero-order chi connectivity index (χ0) is 22.9. The first-order chi connectivity index (χ1) is 14.7. The molecule has 0 unspecified atom stereocenters. The van der Waals surface area contributed by atoms with Gasteiger partial charge in [-0.1, -0.05) is 36.3 Å². The van der Waals surface area contributed by atoms with Crippen LogP contribution in [-0.2, 0) is 21.2 Å². The van der Waals surface area contributed by atoms with Crippen molar-refractivity contribution >= 4 is 21.6 Å². The van der Waals surface area contributed by atoms with Crippen molar-refractivity contribution in [1.29, 1.82) is 0 Å². The lowest BCUT2D eigenvalue weighted by atomic mass is 9.92. The molecule has 0 spiro atoms. The first kappa shape index (κ1) is 24.0. The van der Waals surface area contributed by atoms with E-state index < -0.39 is 27.0 Å². The number of terminal acetylenes is 1. The molecule has 0 radical (unpaired) electrons. The van der Waals surface area contributed by atoms with Crippen molar-refractivity contribution in [2.45, 2.75) is 23.8 Å². The van der Waals surface area contributed by atoms with Gasteiger partial charge in [0.15, 0.2) is 0 Å². The van der Waals surface area contributed by atoms with Gasteiger partial charge in [0.05, 0.1) is 22.5 Å². The predicted molar refractivity (Wildman–Crippen MR) is 114 cm³/mol. The molecule has 0 aliphatic carbocycles. The number of benzene rings is 2. The van der Waals surface area contributed by atoms with Crippen LogP contribution >= 0.6 is 0 Å². The average molecular weight is 445 g/mol. The highest BCUT2D eigenvalue weighted by molar-refractivity contribution is 7.89. The number of nitrogens with zero attached hydrogens (tertiary/aromatic N) is 1. The van der Waals surface area contributed by atoms with Crippen LogP contribution in [0.1, 0.15) is 12.0 Å². The summed E-state index contributed by atoms with van der Waals surface area (Å²) in [6.07, 6.45) is 4.40. The summed E-state index contributed by atoms with van der Waals surface area (Å²) in [5.74, 6) is 1.37. The lowest BCUT2D eigenvalue weighted by Gasteiger charge is -2.20. The molecule has 9 nitrogen and oxygen atoms in total. The first-order valence-electron chi connectivity index (χ1n) is 9.40. The Balaban J connectivity index is 2.01. The molecule has 2 rings (SSSR count). The van der Waals surface area contributed by atoms with Gasteiger partial charge < -0.3 is 10.4 Å². The number of carbonyl (C=O) groups is 1. The molecule has 2 atom stereocenters. The van der Waals surface area contributed by atoms with Crippen molar-refractivity contribution in [3.05, 3.63) is 70.3 Å². The third kappa shape index (κ3) is 7.49. The smallest absolute Gasteiger partial charge is 0.269 e. The Hall–Kier alpha value is -3.26. The molecule has 164 valence electrons. The van der Waals surface area contributed by atoms with Crippen molar-refractivity contribution in [1.82, 2.24) is 10.0 Å². The zero-order valence-corrected chi connectivity index (χ0v) is 17.4. The Bertz CT molecular complexity index is 1030. The molecule has 31 heavy (non-hydrogen) atoms. The largest absolute Gasteiger partial charge is 0.392 e. The van der Waals surface area contributed by atoms with E-state index in [0.29, 0.717) is 6.42 Å². The molecule has 0 aromatic heterocycles.